The van der Waals surface area contributed by atoms with E-state index in [2.05, 4.69) is 20.7 Å². The van der Waals surface area contributed by atoms with E-state index >= 15 is 0 Å². The van der Waals surface area contributed by atoms with Crippen LogP contribution in [0.2, 0.25) is 0 Å². The van der Waals surface area contributed by atoms with Crippen LogP contribution in [0.1, 0.15) is 36.6 Å². The third kappa shape index (κ3) is 4.59. The molecule has 2 saturated heterocycles. The summed E-state index contributed by atoms with van der Waals surface area (Å²) in [7, 11) is 4.02. The monoisotopic (exact) mass is 350 g/mol. The number of carbonyl (C=O) groups is 1. The maximum atomic E-state index is 12.9. The number of nitrogens with one attached hydrogen (secondary N) is 2. The molecule has 1 aromatic rings. The number of carbonyl (C=O) groups excluding carboxylic acids is 1. The number of hydrogen-bond donors (Lipinski definition) is 2. The second-order valence-electron chi connectivity index (χ2n) is 7.54. The number of amides is 1. The lowest BCUT2D eigenvalue weighted by molar-refractivity contribution is -0.132. The van der Waals surface area contributed by atoms with Crippen molar-refractivity contribution in [3.63, 3.8) is 0 Å². The lowest BCUT2D eigenvalue weighted by Crippen LogP contribution is -2.49. The summed E-state index contributed by atoms with van der Waals surface area (Å²) in [4.78, 5) is 15.0. The van der Waals surface area contributed by atoms with E-state index in [1.165, 1.54) is 0 Å². The molecule has 2 aliphatic heterocycles. The van der Waals surface area contributed by atoms with Gasteiger partial charge in [0.2, 0.25) is 5.91 Å². The summed E-state index contributed by atoms with van der Waals surface area (Å²) in [6.45, 7) is 4.73. The Labute approximate surface area is 149 Å². The Kier molecular flexibility index (Phi) is 6.09. The average Bonchev–Trinajstić information content (AvgIpc) is 3.26. The van der Waals surface area contributed by atoms with Crippen LogP contribution in [0.15, 0.2) is 10.6 Å². The van der Waals surface area contributed by atoms with Gasteiger partial charge in [-0.05, 0) is 46.4 Å². The first kappa shape index (κ1) is 18.4. The topological polar surface area (TPSA) is 79.6 Å². The Balaban J connectivity index is 1.66. The Morgan fingerprint density at radius 2 is 2.24 bits per heavy atom. The summed E-state index contributed by atoms with van der Waals surface area (Å²) >= 11 is 0. The molecule has 1 amide bonds. The van der Waals surface area contributed by atoms with Crippen LogP contribution in [0.3, 0.4) is 0 Å². The fourth-order valence-electron chi connectivity index (χ4n) is 3.68. The summed E-state index contributed by atoms with van der Waals surface area (Å²) < 4.78 is 11.0. The highest BCUT2D eigenvalue weighted by Gasteiger charge is 2.40. The van der Waals surface area contributed by atoms with Crippen LogP contribution in [-0.2, 0) is 16.0 Å². The van der Waals surface area contributed by atoms with Crippen molar-refractivity contribution in [1.29, 1.82) is 0 Å². The SMILES string of the molecule is CN(C)CCNC(=O)C1(Cc2cc([C@H]3CCOC3)no2)CCNCC1. The number of nitrogens with zero attached hydrogens (tertiary/aromatic N) is 2. The molecular formula is C18H30N4O3. The molecule has 2 aliphatic rings. The molecule has 2 N–H and O–H groups in total. The van der Waals surface area contributed by atoms with Crippen LogP contribution < -0.4 is 10.6 Å². The Bertz CT molecular complexity index is 560. The third-order valence-electron chi connectivity index (χ3n) is 5.32. The summed E-state index contributed by atoms with van der Waals surface area (Å²) in [5, 5.41) is 10.7. The lowest BCUT2D eigenvalue weighted by Gasteiger charge is -2.35. The first-order valence-corrected chi connectivity index (χ1v) is 9.26. The van der Waals surface area contributed by atoms with Gasteiger partial charge in [0, 0.05) is 38.1 Å². The number of hydrogen-bond acceptors (Lipinski definition) is 6. The standard InChI is InChI=1S/C18H30N4O3/c1-22(2)9-8-20-17(23)18(4-6-19-7-5-18)12-15-11-16(21-25-15)14-3-10-24-13-14/h11,14,19H,3-10,12-13H2,1-2H3,(H,20,23)/t14-/m0/s1. The maximum Gasteiger partial charge on any atom is 0.226 e. The number of rotatable bonds is 7. The van der Waals surface area contributed by atoms with E-state index in [0.717, 1.165) is 57.0 Å². The summed E-state index contributed by atoms with van der Waals surface area (Å²) in [6, 6.07) is 2.02. The Morgan fingerprint density at radius 1 is 1.44 bits per heavy atom. The molecule has 25 heavy (non-hydrogen) atoms. The van der Waals surface area contributed by atoms with Gasteiger partial charge in [0.1, 0.15) is 5.76 Å². The summed E-state index contributed by atoms with van der Waals surface area (Å²) in [5.74, 6) is 1.28. The molecule has 0 radical (unpaired) electrons. The van der Waals surface area contributed by atoms with Gasteiger partial charge in [-0.2, -0.15) is 0 Å². The molecular weight excluding hydrogens is 320 g/mol. The minimum absolute atomic E-state index is 0.137. The van der Waals surface area contributed by atoms with Gasteiger partial charge in [0.05, 0.1) is 17.7 Å². The first-order chi connectivity index (χ1) is 12.1. The van der Waals surface area contributed by atoms with Crippen LogP contribution in [0.25, 0.3) is 0 Å². The van der Waals surface area contributed by atoms with Gasteiger partial charge in [-0.15, -0.1) is 0 Å². The number of likely N-dealkylation sites (N-methyl/N-ethyl adjacent to an activating group) is 1. The van der Waals surface area contributed by atoms with E-state index in [4.69, 9.17) is 9.26 Å². The highest BCUT2D eigenvalue weighted by atomic mass is 16.5. The predicted octanol–water partition coefficient (Wildman–Crippen LogP) is 0.769. The summed E-state index contributed by atoms with van der Waals surface area (Å²) in [5.41, 5.74) is 0.560. The minimum Gasteiger partial charge on any atom is -0.381 e. The highest BCUT2D eigenvalue weighted by molar-refractivity contribution is 5.83. The molecule has 7 heteroatoms. The summed E-state index contributed by atoms with van der Waals surface area (Å²) in [6.07, 6.45) is 3.25. The lowest BCUT2D eigenvalue weighted by atomic mass is 9.74. The smallest absolute Gasteiger partial charge is 0.226 e. The van der Waals surface area contributed by atoms with Crippen molar-refractivity contribution in [2.75, 3.05) is 53.5 Å². The largest absolute Gasteiger partial charge is 0.381 e. The van der Waals surface area contributed by atoms with Crippen LogP contribution >= 0.6 is 0 Å². The van der Waals surface area contributed by atoms with Crippen molar-refractivity contribution in [2.24, 2.45) is 5.41 Å². The average molecular weight is 350 g/mol. The Morgan fingerprint density at radius 3 is 2.92 bits per heavy atom. The zero-order valence-corrected chi connectivity index (χ0v) is 15.3. The van der Waals surface area contributed by atoms with Crippen molar-refractivity contribution < 1.29 is 14.1 Å². The van der Waals surface area contributed by atoms with E-state index in [1.54, 1.807) is 0 Å². The van der Waals surface area contributed by atoms with Gasteiger partial charge in [-0.1, -0.05) is 5.16 Å². The molecule has 140 valence electrons. The molecule has 7 nitrogen and oxygen atoms in total. The van der Waals surface area contributed by atoms with Gasteiger partial charge < -0.3 is 24.8 Å². The van der Waals surface area contributed by atoms with E-state index in [9.17, 15) is 4.79 Å². The van der Waals surface area contributed by atoms with Crippen molar-refractivity contribution in [3.8, 4) is 0 Å². The molecule has 2 fully saturated rings. The molecule has 0 saturated carbocycles. The molecule has 0 aromatic carbocycles. The second kappa shape index (κ2) is 8.29. The van der Waals surface area contributed by atoms with Crippen molar-refractivity contribution >= 4 is 5.91 Å². The van der Waals surface area contributed by atoms with E-state index in [0.29, 0.717) is 25.5 Å². The van der Waals surface area contributed by atoms with Crippen molar-refractivity contribution in [2.45, 2.75) is 31.6 Å². The minimum atomic E-state index is -0.402. The number of piperidine rings is 1. The molecule has 0 spiro atoms. The Hall–Kier alpha value is -1.44. The van der Waals surface area contributed by atoms with E-state index in [-0.39, 0.29) is 5.91 Å². The predicted molar refractivity (Wildman–Crippen MR) is 94.5 cm³/mol. The zero-order valence-electron chi connectivity index (χ0n) is 15.3. The van der Waals surface area contributed by atoms with Crippen LogP contribution in [0.5, 0.6) is 0 Å². The van der Waals surface area contributed by atoms with Gasteiger partial charge >= 0.3 is 0 Å². The van der Waals surface area contributed by atoms with Crippen molar-refractivity contribution in [3.05, 3.63) is 17.5 Å². The number of aromatic nitrogens is 1. The van der Waals surface area contributed by atoms with Crippen LogP contribution in [0.4, 0.5) is 0 Å². The van der Waals surface area contributed by atoms with Gasteiger partial charge in [0.25, 0.3) is 0 Å². The van der Waals surface area contributed by atoms with E-state index < -0.39 is 5.41 Å². The molecule has 1 atom stereocenters. The normalized spacial score (nSPS) is 23.1. The molecule has 3 rings (SSSR count). The number of ether oxygens (including phenoxy) is 1. The third-order valence-corrected chi connectivity index (χ3v) is 5.32. The quantitative estimate of drug-likeness (QED) is 0.756. The van der Waals surface area contributed by atoms with E-state index in [1.807, 2.05) is 20.2 Å². The van der Waals surface area contributed by atoms with Crippen LogP contribution in [0, 0.1) is 5.41 Å². The fourth-order valence-corrected chi connectivity index (χ4v) is 3.68. The second-order valence-corrected chi connectivity index (χ2v) is 7.54. The maximum absolute atomic E-state index is 12.9. The fraction of sp³-hybridized carbons (Fsp3) is 0.778. The van der Waals surface area contributed by atoms with Gasteiger partial charge in [-0.25, -0.2) is 0 Å². The van der Waals surface area contributed by atoms with Crippen molar-refractivity contribution in [1.82, 2.24) is 20.7 Å². The molecule has 0 aliphatic carbocycles. The highest BCUT2D eigenvalue weighted by Crippen LogP contribution is 2.34. The van der Waals surface area contributed by atoms with Crippen LogP contribution in [-0.4, -0.2) is 69.5 Å². The zero-order chi connectivity index (χ0) is 17.7. The first-order valence-electron chi connectivity index (χ1n) is 9.26. The van der Waals surface area contributed by atoms with Gasteiger partial charge in [-0.3, -0.25) is 4.79 Å². The molecule has 3 heterocycles. The molecule has 1 aromatic heterocycles. The molecule has 0 unspecified atom stereocenters. The van der Waals surface area contributed by atoms with Gasteiger partial charge in [0.15, 0.2) is 0 Å². The molecule has 0 bridgehead atoms.